The van der Waals surface area contributed by atoms with Gasteiger partial charge in [0.1, 0.15) is 0 Å². The second-order valence-corrected chi connectivity index (χ2v) is 6.36. The predicted octanol–water partition coefficient (Wildman–Crippen LogP) is 2.56. The number of hydrogen-bond donors (Lipinski definition) is 2. The van der Waals surface area contributed by atoms with Crippen LogP contribution in [-0.2, 0) is 17.9 Å². The Balaban J connectivity index is 1.66. The van der Waals surface area contributed by atoms with Crippen LogP contribution in [-0.4, -0.2) is 29.1 Å². The number of aromatic nitrogens is 2. The molecule has 0 radical (unpaired) electrons. The lowest BCUT2D eigenvalue weighted by Crippen LogP contribution is -2.33. The summed E-state index contributed by atoms with van der Waals surface area (Å²) in [5.41, 5.74) is 4.43. The smallest absolute Gasteiger partial charge is 0.224 e. The minimum absolute atomic E-state index is 0.0366. The minimum Gasteiger partial charge on any atom is -0.352 e. The highest BCUT2D eigenvalue weighted by atomic mass is 16.1. The summed E-state index contributed by atoms with van der Waals surface area (Å²) in [4.78, 5) is 16.5. The van der Waals surface area contributed by atoms with Gasteiger partial charge in [-0.2, -0.15) is 0 Å². The molecular weight excluding hydrogens is 312 g/mol. The van der Waals surface area contributed by atoms with Crippen LogP contribution in [0.25, 0.3) is 11.0 Å². The van der Waals surface area contributed by atoms with E-state index in [1.54, 1.807) is 0 Å². The Morgan fingerprint density at radius 2 is 1.96 bits per heavy atom. The zero-order chi connectivity index (χ0) is 17.6. The summed E-state index contributed by atoms with van der Waals surface area (Å²) in [6, 6.07) is 16.4. The summed E-state index contributed by atoms with van der Waals surface area (Å²) in [6.45, 7) is 3.91. The maximum Gasteiger partial charge on any atom is 0.224 e. The Morgan fingerprint density at radius 3 is 2.80 bits per heavy atom. The first-order valence-electron chi connectivity index (χ1n) is 8.57. The molecule has 25 heavy (non-hydrogen) atoms. The molecule has 2 N–H and O–H groups in total. The largest absolute Gasteiger partial charge is 0.352 e. The number of rotatable bonds is 7. The zero-order valence-electron chi connectivity index (χ0n) is 14.7. The van der Waals surface area contributed by atoms with Crippen molar-refractivity contribution in [3.63, 3.8) is 0 Å². The Morgan fingerprint density at radius 1 is 1.16 bits per heavy atom. The lowest BCUT2D eigenvalue weighted by molar-refractivity contribution is -0.124. The molecule has 1 amide bonds. The summed E-state index contributed by atoms with van der Waals surface area (Å²) >= 11 is 0. The average Bonchev–Trinajstić information content (AvgIpc) is 3.03. The van der Waals surface area contributed by atoms with Crippen molar-refractivity contribution in [1.29, 1.82) is 0 Å². The monoisotopic (exact) mass is 336 g/mol. The second kappa shape index (κ2) is 7.94. The van der Waals surface area contributed by atoms with Gasteiger partial charge < -0.3 is 15.2 Å². The van der Waals surface area contributed by atoms with Crippen LogP contribution in [0.4, 0.5) is 0 Å². The number of nitrogens with one attached hydrogen (secondary N) is 2. The average molecular weight is 336 g/mol. The lowest BCUT2D eigenvalue weighted by Gasteiger charge is -2.12. The van der Waals surface area contributed by atoms with Crippen molar-refractivity contribution < 1.29 is 4.79 Å². The SMILES string of the molecule is CNCC(C)C(=O)NCc1cccc(Cn2cnc3ccccc32)c1. The van der Waals surface area contributed by atoms with E-state index in [0.717, 1.165) is 23.1 Å². The van der Waals surface area contributed by atoms with Crippen molar-refractivity contribution >= 4 is 16.9 Å². The third kappa shape index (κ3) is 4.25. The van der Waals surface area contributed by atoms with Gasteiger partial charge in [-0.05, 0) is 30.3 Å². The van der Waals surface area contributed by atoms with Crippen LogP contribution >= 0.6 is 0 Å². The van der Waals surface area contributed by atoms with Crippen LogP contribution < -0.4 is 10.6 Å². The topological polar surface area (TPSA) is 59.0 Å². The Kier molecular flexibility index (Phi) is 5.46. The fourth-order valence-corrected chi connectivity index (χ4v) is 2.93. The molecule has 0 fully saturated rings. The lowest BCUT2D eigenvalue weighted by atomic mass is 10.1. The van der Waals surface area contributed by atoms with Gasteiger partial charge >= 0.3 is 0 Å². The van der Waals surface area contributed by atoms with Crippen molar-refractivity contribution in [2.75, 3.05) is 13.6 Å². The number of hydrogen-bond acceptors (Lipinski definition) is 3. The molecule has 5 heteroatoms. The fourth-order valence-electron chi connectivity index (χ4n) is 2.93. The molecule has 3 aromatic rings. The normalized spacial score (nSPS) is 12.2. The molecule has 3 rings (SSSR count). The molecule has 0 aliphatic rings. The molecule has 0 saturated carbocycles. The number of benzene rings is 2. The van der Waals surface area contributed by atoms with Gasteiger partial charge in [0.2, 0.25) is 5.91 Å². The minimum atomic E-state index is -0.0366. The van der Waals surface area contributed by atoms with Crippen molar-refractivity contribution in [3.8, 4) is 0 Å². The van der Waals surface area contributed by atoms with Crippen molar-refractivity contribution in [3.05, 3.63) is 66.0 Å². The number of amides is 1. The second-order valence-electron chi connectivity index (χ2n) is 6.36. The van der Waals surface area contributed by atoms with Gasteiger partial charge in [0.05, 0.1) is 17.4 Å². The van der Waals surface area contributed by atoms with Gasteiger partial charge in [-0.25, -0.2) is 4.98 Å². The first-order chi connectivity index (χ1) is 12.2. The van der Waals surface area contributed by atoms with Crippen molar-refractivity contribution in [1.82, 2.24) is 20.2 Å². The van der Waals surface area contributed by atoms with Gasteiger partial charge in [0, 0.05) is 25.6 Å². The van der Waals surface area contributed by atoms with E-state index in [-0.39, 0.29) is 11.8 Å². The Labute approximate surface area is 148 Å². The highest BCUT2D eigenvalue weighted by molar-refractivity contribution is 5.78. The fraction of sp³-hybridized carbons (Fsp3) is 0.300. The van der Waals surface area contributed by atoms with Crippen LogP contribution in [0, 0.1) is 5.92 Å². The maximum atomic E-state index is 12.0. The van der Waals surface area contributed by atoms with Crippen LogP contribution in [0.5, 0.6) is 0 Å². The molecule has 5 nitrogen and oxygen atoms in total. The van der Waals surface area contributed by atoms with E-state index in [9.17, 15) is 4.79 Å². The van der Waals surface area contributed by atoms with E-state index >= 15 is 0 Å². The van der Waals surface area contributed by atoms with E-state index < -0.39 is 0 Å². The van der Waals surface area contributed by atoms with Gasteiger partial charge in [0.15, 0.2) is 0 Å². The zero-order valence-corrected chi connectivity index (χ0v) is 14.7. The number of carbonyl (C=O) groups excluding carboxylic acids is 1. The van der Waals surface area contributed by atoms with Gasteiger partial charge in [-0.1, -0.05) is 43.3 Å². The van der Waals surface area contributed by atoms with Gasteiger partial charge in [-0.3, -0.25) is 4.79 Å². The van der Waals surface area contributed by atoms with Crippen LogP contribution in [0.1, 0.15) is 18.1 Å². The number of nitrogens with zero attached hydrogens (tertiary/aromatic N) is 2. The third-order valence-electron chi connectivity index (χ3n) is 4.30. The van der Waals surface area contributed by atoms with E-state index in [2.05, 4.69) is 38.4 Å². The summed E-state index contributed by atoms with van der Waals surface area (Å²) in [6.07, 6.45) is 1.87. The highest BCUT2D eigenvalue weighted by Crippen LogP contribution is 2.15. The molecule has 0 saturated heterocycles. The summed E-state index contributed by atoms with van der Waals surface area (Å²) in [7, 11) is 1.85. The molecule has 1 atom stereocenters. The Hall–Kier alpha value is -2.66. The predicted molar refractivity (Wildman–Crippen MR) is 100 cm³/mol. The molecule has 0 bridgehead atoms. The van der Waals surface area contributed by atoms with Crippen molar-refractivity contribution in [2.45, 2.75) is 20.0 Å². The number of para-hydroxylation sites is 2. The maximum absolute atomic E-state index is 12.0. The molecule has 0 aliphatic carbocycles. The summed E-state index contributed by atoms with van der Waals surface area (Å²) in [5, 5.41) is 6.03. The van der Waals surface area contributed by atoms with Gasteiger partial charge in [-0.15, -0.1) is 0 Å². The van der Waals surface area contributed by atoms with E-state index in [4.69, 9.17) is 0 Å². The first kappa shape index (κ1) is 17.2. The molecular formula is C20H24N4O. The summed E-state index contributed by atoms with van der Waals surface area (Å²) < 4.78 is 2.14. The van der Waals surface area contributed by atoms with Crippen LogP contribution in [0.3, 0.4) is 0 Å². The van der Waals surface area contributed by atoms with Crippen molar-refractivity contribution in [2.24, 2.45) is 5.92 Å². The third-order valence-corrected chi connectivity index (χ3v) is 4.30. The number of imidazole rings is 1. The Bertz CT molecular complexity index is 856. The van der Waals surface area contributed by atoms with E-state index in [1.807, 2.05) is 50.6 Å². The molecule has 1 unspecified atom stereocenters. The molecule has 1 aromatic heterocycles. The number of carbonyl (C=O) groups is 1. The first-order valence-corrected chi connectivity index (χ1v) is 8.57. The molecule has 130 valence electrons. The molecule has 1 heterocycles. The van der Waals surface area contributed by atoms with E-state index in [0.29, 0.717) is 13.1 Å². The van der Waals surface area contributed by atoms with Gasteiger partial charge in [0.25, 0.3) is 0 Å². The highest BCUT2D eigenvalue weighted by Gasteiger charge is 2.11. The molecule has 0 spiro atoms. The number of fused-ring (bicyclic) bond motifs is 1. The molecule has 2 aromatic carbocycles. The standard InChI is InChI=1S/C20H24N4O/c1-15(11-21-2)20(25)22-12-16-6-5-7-17(10-16)13-24-14-23-18-8-3-4-9-19(18)24/h3-10,14-15,21H,11-13H2,1-2H3,(H,22,25). The van der Waals surface area contributed by atoms with E-state index in [1.165, 1.54) is 5.56 Å². The van der Waals surface area contributed by atoms with Crippen LogP contribution in [0.15, 0.2) is 54.9 Å². The molecule has 0 aliphatic heterocycles. The van der Waals surface area contributed by atoms with Crippen LogP contribution in [0.2, 0.25) is 0 Å². The summed E-state index contributed by atoms with van der Waals surface area (Å²) in [5.74, 6) is 0.0332. The quantitative estimate of drug-likeness (QED) is 0.697.